The van der Waals surface area contributed by atoms with Gasteiger partial charge in [0, 0.05) is 19.6 Å². The fourth-order valence-electron chi connectivity index (χ4n) is 3.95. The lowest BCUT2D eigenvalue weighted by molar-refractivity contribution is 0.0162. The molecule has 8 heteroatoms. The molecule has 1 fully saturated rings. The predicted octanol–water partition coefficient (Wildman–Crippen LogP) is 4.55. The molecule has 1 amide bonds. The molecule has 6 nitrogen and oxygen atoms in total. The van der Waals surface area contributed by atoms with Crippen molar-refractivity contribution in [1.29, 1.82) is 0 Å². The summed E-state index contributed by atoms with van der Waals surface area (Å²) in [5.74, 6) is -0.649. The first-order valence-electron chi connectivity index (χ1n) is 10.5. The van der Waals surface area contributed by atoms with Crippen molar-refractivity contribution in [2.45, 2.75) is 19.9 Å². The average molecular weight is 458 g/mol. The van der Waals surface area contributed by atoms with Crippen molar-refractivity contribution in [3.63, 3.8) is 0 Å². The van der Waals surface area contributed by atoms with Crippen LogP contribution in [-0.2, 0) is 4.74 Å². The van der Waals surface area contributed by atoms with Crippen molar-refractivity contribution in [2.24, 2.45) is 0 Å². The summed E-state index contributed by atoms with van der Waals surface area (Å²) in [5.41, 5.74) is 2.62. The molecule has 2 heterocycles. The van der Waals surface area contributed by atoms with E-state index < -0.39 is 5.82 Å². The zero-order chi connectivity index (χ0) is 22.7. The Labute approximate surface area is 191 Å². The van der Waals surface area contributed by atoms with Crippen LogP contribution < -0.4 is 5.32 Å². The van der Waals surface area contributed by atoms with E-state index in [4.69, 9.17) is 20.9 Å². The molecule has 2 aromatic carbocycles. The zero-order valence-corrected chi connectivity index (χ0v) is 18.8. The van der Waals surface area contributed by atoms with Crippen LogP contribution in [0, 0.1) is 19.7 Å². The normalized spacial score (nSPS) is 15.5. The SMILES string of the molecule is Cc1ccc(C(CNC(=O)c2c(-c3c(F)cccc3Cl)noc2C)N2CCOCC2)cc1. The maximum absolute atomic E-state index is 14.5. The van der Waals surface area contributed by atoms with Gasteiger partial charge in [-0.15, -0.1) is 0 Å². The summed E-state index contributed by atoms with van der Waals surface area (Å²) in [6.45, 7) is 6.89. The van der Waals surface area contributed by atoms with Gasteiger partial charge in [0.15, 0.2) is 0 Å². The second kappa shape index (κ2) is 9.81. The highest BCUT2D eigenvalue weighted by Crippen LogP contribution is 2.33. The number of halogens is 2. The van der Waals surface area contributed by atoms with Crippen LogP contribution in [0.2, 0.25) is 5.02 Å². The lowest BCUT2D eigenvalue weighted by atomic mass is 10.0. The van der Waals surface area contributed by atoms with E-state index >= 15 is 0 Å². The lowest BCUT2D eigenvalue weighted by Gasteiger charge is -2.35. The van der Waals surface area contributed by atoms with Crippen LogP contribution in [0.3, 0.4) is 0 Å². The molecule has 4 rings (SSSR count). The summed E-state index contributed by atoms with van der Waals surface area (Å²) in [7, 11) is 0. The second-order valence-electron chi connectivity index (χ2n) is 7.84. The summed E-state index contributed by atoms with van der Waals surface area (Å²) in [6.07, 6.45) is 0. The van der Waals surface area contributed by atoms with E-state index in [1.165, 1.54) is 17.7 Å². The molecule has 0 saturated carbocycles. The zero-order valence-electron chi connectivity index (χ0n) is 18.0. The number of carbonyl (C=O) groups excluding carboxylic acids is 1. The number of benzene rings is 2. The van der Waals surface area contributed by atoms with E-state index in [1.807, 2.05) is 6.92 Å². The van der Waals surface area contributed by atoms with Gasteiger partial charge in [-0.3, -0.25) is 9.69 Å². The van der Waals surface area contributed by atoms with Crippen molar-refractivity contribution in [3.8, 4) is 11.3 Å². The highest BCUT2D eigenvalue weighted by Gasteiger charge is 2.28. The molecule has 1 N–H and O–H groups in total. The number of morpholine rings is 1. The highest BCUT2D eigenvalue weighted by atomic mass is 35.5. The molecule has 0 aliphatic carbocycles. The number of aromatic nitrogens is 1. The largest absolute Gasteiger partial charge is 0.379 e. The molecule has 1 unspecified atom stereocenters. The Morgan fingerprint density at radius 3 is 2.59 bits per heavy atom. The van der Waals surface area contributed by atoms with Gasteiger partial charge in [-0.25, -0.2) is 4.39 Å². The van der Waals surface area contributed by atoms with Crippen molar-refractivity contribution < 1.29 is 18.4 Å². The fourth-order valence-corrected chi connectivity index (χ4v) is 4.20. The maximum Gasteiger partial charge on any atom is 0.257 e. The van der Waals surface area contributed by atoms with E-state index in [1.54, 1.807) is 13.0 Å². The summed E-state index contributed by atoms with van der Waals surface area (Å²) in [4.78, 5) is 15.5. The Kier molecular flexibility index (Phi) is 6.89. The minimum atomic E-state index is -0.564. The number of carbonyl (C=O) groups is 1. The maximum atomic E-state index is 14.5. The van der Waals surface area contributed by atoms with Crippen molar-refractivity contribution >= 4 is 17.5 Å². The minimum Gasteiger partial charge on any atom is -0.379 e. The first-order valence-corrected chi connectivity index (χ1v) is 10.9. The van der Waals surface area contributed by atoms with Crippen molar-refractivity contribution in [3.05, 3.63) is 75.8 Å². The number of nitrogens with zero attached hydrogens (tertiary/aromatic N) is 2. The van der Waals surface area contributed by atoms with Gasteiger partial charge in [-0.2, -0.15) is 0 Å². The summed E-state index contributed by atoms with van der Waals surface area (Å²) >= 11 is 6.20. The van der Waals surface area contributed by atoms with E-state index in [0.717, 1.165) is 18.7 Å². The topological polar surface area (TPSA) is 67.6 Å². The third kappa shape index (κ3) is 4.70. The van der Waals surface area contributed by atoms with Crippen LogP contribution in [0.15, 0.2) is 47.0 Å². The Morgan fingerprint density at radius 1 is 1.19 bits per heavy atom. The third-order valence-electron chi connectivity index (χ3n) is 5.69. The van der Waals surface area contributed by atoms with E-state index in [-0.39, 0.29) is 33.8 Å². The van der Waals surface area contributed by atoms with Gasteiger partial charge in [-0.05, 0) is 31.5 Å². The summed E-state index contributed by atoms with van der Waals surface area (Å²) < 4.78 is 25.2. The Morgan fingerprint density at radius 2 is 1.91 bits per heavy atom. The number of aryl methyl sites for hydroxylation is 2. The molecule has 0 radical (unpaired) electrons. The van der Waals surface area contributed by atoms with Gasteiger partial charge in [0.25, 0.3) is 5.91 Å². The summed E-state index contributed by atoms with van der Waals surface area (Å²) in [6, 6.07) is 12.6. The molecule has 3 aromatic rings. The first-order chi connectivity index (χ1) is 15.5. The molecule has 0 spiro atoms. The Bertz CT molecular complexity index is 1070. The van der Waals surface area contributed by atoms with Crippen LogP contribution >= 0.6 is 11.6 Å². The molecule has 168 valence electrons. The molecule has 0 bridgehead atoms. The molecule has 1 saturated heterocycles. The number of nitrogens with one attached hydrogen (secondary N) is 1. The highest BCUT2D eigenvalue weighted by molar-refractivity contribution is 6.33. The number of amides is 1. The van der Waals surface area contributed by atoms with Crippen LogP contribution in [-0.4, -0.2) is 48.8 Å². The molecule has 1 atom stereocenters. The predicted molar refractivity (Wildman–Crippen MR) is 120 cm³/mol. The monoisotopic (exact) mass is 457 g/mol. The number of rotatable bonds is 6. The molecule has 1 aliphatic heterocycles. The van der Waals surface area contributed by atoms with Gasteiger partial charge >= 0.3 is 0 Å². The molecular weight excluding hydrogens is 433 g/mol. The van der Waals surface area contributed by atoms with Crippen LogP contribution in [0.5, 0.6) is 0 Å². The Balaban J connectivity index is 1.59. The van der Waals surface area contributed by atoms with Gasteiger partial charge in [-0.1, -0.05) is 52.7 Å². The standard InChI is InChI=1S/C24H25ClFN3O3/c1-15-6-8-17(9-7-15)20(29-10-12-31-13-11-29)14-27-24(30)21-16(2)32-28-23(21)22-18(25)4-3-5-19(22)26/h3-9,20H,10-14H2,1-2H3,(H,27,30). The number of hydrogen-bond acceptors (Lipinski definition) is 5. The third-order valence-corrected chi connectivity index (χ3v) is 6.01. The van der Waals surface area contributed by atoms with Gasteiger partial charge in [0.2, 0.25) is 0 Å². The summed E-state index contributed by atoms with van der Waals surface area (Å²) in [5, 5.41) is 7.09. The molecule has 32 heavy (non-hydrogen) atoms. The molecular formula is C24H25ClFN3O3. The van der Waals surface area contributed by atoms with Gasteiger partial charge in [0.1, 0.15) is 22.8 Å². The second-order valence-corrected chi connectivity index (χ2v) is 8.25. The number of ether oxygens (including phenoxy) is 1. The van der Waals surface area contributed by atoms with Crippen LogP contribution in [0.1, 0.15) is 33.3 Å². The molecule has 1 aromatic heterocycles. The van der Waals surface area contributed by atoms with E-state index in [9.17, 15) is 9.18 Å². The quantitative estimate of drug-likeness (QED) is 0.588. The first kappa shape index (κ1) is 22.5. The lowest BCUT2D eigenvalue weighted by Crippen LogP contribution is -2.43. The van der Waals surface area contributed by atoms with Crippen LogP contribution in [0.4, 0.5) is 4.39 Å². The van der Waals surface area contributed by atoms with Gasteiger partial charge < -0.3 is 14.6 Å². The molecule has 1 aliphatic rings. The van der Waals surface area contributed by atoms with Crippen LogP contribution in [0.25, 0.3) is 11.3 Å². The van der Waals surface area contributed by atoms with Crippen molar-refractivity contribution in [2.75, 3.05) is 32.8 Å². The fraction of sp³-hybridized carbons (Fsp3) is 0.333. The van der Waals surface area contributed by atoms with Crippen molar-refractivity contribution in [1.82, 2.24) is 15.4 Å². The van der Waals surface area contributed by atoms with E-state index in [2.05, 4.69) is 39.6 Å². The number of hydrogen-bond donors (Lipinski definition) is 1. The Hall–Kier alpha value is -2.74. The van der Waals surface area contributed by atoms with E-state index in [0.29, 0.717) is 25.5 Å². The minimum absolute atomic E-state index is 0.0240. The smallest absolute Gasteiger partial charge is 0.257 e. The average Bonchev–Trinajstić information content (AvgIpc) is 3.16. The van der Waals surface area contributed by atoms with Gasteiger partial charge in [0.05, 0.1) is 29.8 Å².